The molecule has 0 saturated heterocycles. The summed E-state index contributed by atoms with van der Waals surface area (Å²) in [6, 6.07) is 2.98. The lowest BCUT2D eigenvalue weighted by atomic mass is 9.76. The Morgan fingerprint density at radius 1 is 0.939 bits per heavy atom. The Balaban J connectivity index is 1.34. The maximum absolute atomic E-state index is 14.8. The van der Waals surface area contributed by atoms with Gasteiger partial charge in [0.1, 0.15) is 5.83 Å². The molecule has 2 fully saturated rings. The van der Waals surface area contributed by atoms with Gasteiger partial charge in [-0.15, -0.1) is 0 Å². The van der Waals surface area contributed by atoms with Crippen LogP contribution in [0.3, 0.4) is 0 Å². The number of carbonyl (C=O) groups is 1. The summed E-state index contributed by atoms with van der Waals surface area (Å²) in [5.74, 6) is -2.27. The molecule has 0 amide bonds. The van der Waals surface area contributed by atoms with Crippen molar-refractivity contribution in [3.05, 3.63) is 52.9 Å². The first-order chi connectivity index (χ1) is 15.9. The lowest BCUT2D eigenvalue weighted by molar-refractivity contribution is -0.140. The minimum absolute atomic E-state index is 0.0107. The third-order valence-electron chi connectivity index (χ3n) is 8.10. The van der Waals surface area contributed by atoms with Crippen molar-refractivity contribution in [1.29, 1.82) is 0 Å². The second kappa shape index (κ2) is 10.5. The molecule has 4 rings (SSSR count). The number of ether oxygens (including phenoxy) is 1. The Labute approximate surface area is 195 Å². The largest absolute Gasteiger partial charge is 0.423 e. The van der Waals surface area contributed by atoms with Crippen molar-refractivity contribution < 1.29 is 22.7 Å². The van der Waals surface area contributed by atoms with Crippen LogP contribution in [-0.2, 0) is 4.79 Å². The molecule has 180 valence electrons. The van der Waals surface area contributed by atoms with Gasteiger partial charge in [0.25, 0.3) is 0 Å². The fourth-order valence-electron chi connectivity index (χ4n) is 5.74. The molecule has 3 aliphatic rings. The third kappa shape index (κ3) is 5.38. The van der Waals surface area contributed by atoms with Crippen LogP contribution < -0.4 is 4.74 Å². The Bertz CT molecular complexity index is 919. The summed E-state index contributed by atoms with van der Waals surface area (Å²) in [6.07, 6.45) is 11.8. The summed E-state index contributed by atoms with van der Waals surface area (Å²) in [5.41, 5.74) is 1.43. The Hall–Kier alpha value is -2.04. The van der Waals surface area contributed by atoms with E-state index in [1.165, 1.54) is 6.07 Å². The highest BCUT2D eigenvalue weighted by molar-refractivity contribution is 5.75. The van der Waals surface area contributed by atoms with Gasteiger partial charge in [0, 0.05) is 5.92 Å². The molecule has 0 radical (unpaired) electrons. The van der Waals surface area contributed by atoms with Crippen molar-refractivity contribution in [2.24, 2.45) is 23.7 Å². The second-order valence-electron chi connectivity index (χ2n) is 10.3. The zero-order chi connectivity index (χ0) is 23.5. The molecule has 0 bridgehead atoms. The van der Waals surface area contributed by atoms with Crippen LogP contribution in [-0.4, -0.2) is 5.97 Å². The number of hydrogen-bond donors (Lipinski definition) is 0. The van der Waals surface area contributed by atoms with E-state index in [4.69, 9.17) is 4.74 Å². The lowest BCUT2D eigenvalue weighted by Crippen LogP contribution is -2.27. The molecule has 2 nitrogen and oxygen atoms in total. The van der Waals surface area contributed by atoms with E-state index in [0.717, 1.165) is 56.9 Å². The minimum atomic E-state index is -1.06. The van der Waals surface area contributed by atoms with E-state index in [2.05, 4.69) is 13.0 Å². The summed E-state index contributed by atoms with van der Waals surface area (Å²) in [7, 11) is 0. The molecule has 0 spiro atoms. The first-order valence-electron chi connectivity index (χ1n) is 12.6. The average Bonchev–Trinajstić information content (AvgIpc) is 2.83. The van der Waals surface area contributed by atoms with Crippen LogP contribution in [0.25, 0.3) is 0 Å². The molecule has 0 heterocycles. The molecule has 3 aliphatic carbocycles. The third-order valence-corrected chi connectivity index (χ3v) is 8.10. The molecule has 1 unspecified atom stereocenters. The predicted octanol–water partition coefficient (Wildman–Crippen LogP) is 8.18. The highest BCUT2D eigenvalue weighted by Crippen LogP contribution is 2.40. The molecule has 1 aromatic rings. The minimum Gasteiger partial charge on any atom is -0.423 e. The Kier molecular flexibility index (Phi) is 7.65. The zero-order valence-electron chi connectivity index (χ0n) is 19.7. The molecule has 1 atom stereocenters. The van der Waals surface area contributed by atoms with Crippen LogP contribution in [0.4, 0.5) is 13.2 Å². The number of allylic oxidation sites excluding steroid dienone is 4. The SMILES string of the molecule is CCC1CC=C(C2CCC(C(=O)Oc3ccc(C4CCC(C)CC4)c(F)c3F)CC2)C=C1F. The van der Waals surface area contributed by atoms with E-state index in [0.29, 0.717) is 24.3 Å². The van der Waals surface area contributed by atoms with E-state index in [9.17, 15) is 18.0 Å². The van der Waals surface area contributed by atoms with Crippen molar-refractivity contribution in [2.45, 2.75) is 84.0 Å². The number of rotatable bonds is 5. The summed E-state index contributed by atoms with van der Waals surface area (Å²) in [5, 5.41) is 0. The topological polar surface area (TPSA) is 26.3 Å². The van der Waals surface area contributed by atoms with Gasteiger partial charge in [-0.1, -0.05) is 38.8 Å². The van der Waals surface area contributed by atoms with E-state index < -0.39 is 17.6 Å². The second-order valence-corrected chi connectivity index (χ2v) is 10.3. The maximum Gasteiger partial charge on any atom is 0.314 e. The van der Waals surface area contributed by atoms with Crippen LogP contribution in [0.15, 0.2) is 35.7 Å². The molecule has 0 aliphatic heterocycles. The highest BCUT2D eigenvalue weighted by atomic mass is 19.2. The number of esters is 1. The van der Waals surface area contributed by atoms with Gasteiger partial charge in [0.05, 0.1) is 5.92 Å². The van der Waals surface area contributed by atoms with Crippen LogP contribution in [0.2, 0.25) is 0 Å². The molecule has 0 aromatic heterocycles. The average molecular weight is 461 g/mol. The summed E-state index contributed by atoms with van der Waals surface area (Å²) >= 11 is 0. The molecule has 1 aromatic carbocycles. The van der Waals surface area contributed by atoms with Crippen LogP contribution >= 0.6 is 0 Å². The van der Waals surface area contributed by atoms with E-state index in [1.54, 1.807) is 12.1 Å². The standard InChI is InChI=1S/C28H35F3O2/c1-3-18-8-13-22(16-24(18)29)19-9-11-21(12-10-19)28(32)33-25-15-14-23(26(30)27(25)31)20-6-4-17(2)5-7-20/h13-21H,3-12H2,1-2H3. The summed E-state index contributed by atoms with van der Waals surface area (Å²) in [4.78, 5) is 12.7. The number of benzene rings is 1. The molecule has 33 heavy (non-hydrogen) atoms. The van der Waals surface area contributed by atoms with Gasteiger partial charge in [0.2, 0.25) is 5.82 Å². The van der Waals surface area contributed by atoms with Gasteiger partial charge in [-0.05, 0) is 92.4 Å². The number of halogens is 3. The van der Waals surface area contributed by atoms with E-state index in [-0.39, 0.29) is 35.2 Å². The fourth-order valence-corrected chi connectivity index (χ4v) is 5.74. The normalized spacial score (nSPS) is 30.4. The fraction of sp³-hybridized carbons (Fsp3) is 0.607. The molecular weight excluding hydrogens is 425 g/mol. The van der Waals surface area contributed by atoms with Crippen molar-refractivity contribution >= 4 is 5.97 Å². The number of hydrogen-bond acceptors (Lipinski definition) is 2. The summed E-state index contributed by atoms with van der Waals surface area (Å²) in [6.45, 7) is 4.18. The van der Waals surface area contributed by atoms with Crippen LogP contribution in [0.1, 0.15) is 89.5 Å². The first-order valence-corrected chi connectivity index (χ1v) is 12.6. The lowest BCUT2D eigenvalue weighted by Gasteiger charge is -2.30. The Morgan fingerprint density at radius 2 is 1.61 bits per heavy atom. The van der Waals surface area contributed by atoms with E-state index in [1.807, 2.05) is 6.92 Å². The van der Waals surface area contributed by atoms with Gasteiger partial charge in [0.15, 0.2) is 11.6 Å². The van der Waals surface area contributed by atoms with Gasteiger partial charge >= 0.3 is 5.97 Å². The highest BCUT2D eigenvalue weighted by Gasteiger charge is 2.32. The van der Waals surface area contributed by atoms with Crippen molar-refractivity contribution in [2.75, 3.05) is 0 Å². The summed E-state index contributed by atoms with van der Waals surface area (Å²) < 4.78 is 49.0. The van der Waals surface area contributed by atoms with Gasteiger partial charge in [-0.2, -0.15) is 4.39 Å². The van der Waals surface area contributed by atoms with E-state index >= 15 is 0 Å². The molecule has 5 heteroatoms. The molecule has 0 N–H and O–H groups in total. The van der Waals surface area contributed by atoms with Crippen molar-refractivity contribution in [3.63, 3.8) is 0 Å². The quantitative estimate of drug-likeness (QED) is 0.327. The van der Waals surface area contributed by atoms with Gasteiger partial charge in [-0.3, -0.25) is 4.79 Å². The molecule has 2 saturated carbocycles. The van der Waals surface area contributed by atoms with Gasteiger partial charge in [-0.25, -0.2) is 8.78 Å². The number of carbonyl (C=O) groups excluding carboxylic acids is 1. The van der Waals surface area contributed by atoms with Crippen LogP contribution in [0.5, 0.6) is 5.75 Å². The predicted molar refractivity (Wildman–Crippen MR) is 123 cm³/mol. The molecular formula is C28H35F3O2. The van der Waals surface area contributed by atoms with Gasteiger partial charge < -0.3 is 4.74 Å². The van der Waals surface area contributed by atoms with Crippen molar-refractivity contribution in [3.8, 4) is 5.75 Å². The van der Waals surface area contributed by atoms with Crippen molar-refractivity contribution in [1.82, 2.24) is 0 Å². The monoisotopic (exact) mass is 460 g/mol. The zero-order valence-corrected chi connectivity index (χ0v) is 19.7. The Morgan fingerprint density at radius 3 is 2.24 bits per heavy atom. The van der Waals surface area contributed by atoms with Crippen LogP contribution in [0, 0.1) is 35.3 Å². The smallest absolute Gasteiger partial charge is 0.314 e. The maximum atomic E-state index is 14.8. The first kappa shape index (κ1) is 24.1.